The second-order valence-electron chi connectivity index (χ2n) is 3.68. The van der Waals surface area contributed by atoms with E-state index < -0.39 is 0 Å². The predicted octanol–water partition coefficient (Wildman–Crippen LogP) is 0.664. The summed E-state index contributed by atoms with van der Waals surface area (Å²) < 4.78 is 10.7. The first kappa shape index (κ1) is 13.0. The van der Waals surface area contributed by atoms with Crippen LogP contribution in [0.4, 0.5) is 4.79 Å². The van der Waals surface area contributed by atoms with Gasteiger partial charge in [0.25, 0.3) is 0 Å². The highest BCUT2D eigenvalue weighted by atomic mass is 16.5. The zero-order chi connectivity index (χ0) is 12.0. The van der Waals surface area contributed by atoms with Crippen LogP contribution in [0, 0.1) is 0 Å². The summed E-state index contributed by atoms with van der Waals surface area (Å²) in [4.78, 5) is 11.4. The summed E-state index contributed by atoms with van der Waals surface area (Å²) in [6, 6.07) is -0.159. The number of hydrogen-bond donors (Lipinski definition) is 2. The molecule has 1 rings (SSSR count). The quantitative estimate of drug-likeness (QED) is 0.657. The molecule has 0 aliphatic heterocycles. The van der Waals surface area contributed by atoms with Gasteiger partial charge in [0.05, 0.1) is 12.1 Å². The molecule has 1 aliphatic rings. The molecule has 0 heterocycles. The van der Waals surface area contributed by atoms with E-state index in [1.54, 1.807) is 13.2 Å². The predicted molar refractivity (Wildman–Crippen MR) is 61.3 cm³/mol. The molecule has 2 N–H and O–H groups in total. The number of amides is 2. The first-order valence-corrected chi connectivity index (χ1v) is 5.52. The maximum absolute atomic E-state index is 11.4. The Kier molecular flexibility index (Phi) is 5.28. The van der Waals surface area contributed by atoms with Crippen molar-refractivity contribution in [3.05, 3.63) is 12.7 Å². The van der Waals surface area contributed by atoms with Crippen molar-refractivity contribution < 1.29 is 14.3 Å². The normalized spacial score (nSPS) is 28.0. The fourth-order valence-corrected chi connectivity index (χ4v) is 1.80. The van der Waals surface area contributed by atoms with Gasteiger partial charge in [0.1, 0.15) is 6.10 Å². The Morgan fingerprint density at radius 1 is 1.62 bits per heavy atom. The van der Waals surface area contributed by atoms with Crippen LogP contribution in [-0.2, 0) is 9.47 Å². The lowest BCUT2D eigenvalue weighted by molar-refractivity contribution is -0.128. The van der Waals surface area contributed by atoms with Crippen molar-refractivity contribution in [1.29, 1.82) is 0 Å². The number of carbonyl (C=O) groups excluding carboxylic acids is 1. The van der Waals surface area contributed by atoms with Crippen molar-refractivity contribution in [3.8, 4) is 0 Å². The number of methoxy groups -OCH3 is 1. The number of nitrogens with one attached hydrogen (secondary N) is 2. The van der Waals surface area contributed by atoms with E-state index in [4.69, 9.17) is 9.47 Å². The molecule has 3 atom stereocenters. The van der Waals surface area contributed by atoms with Gasteiger partial charge in [-0.05, 0) is 13.3 Å². The zero-order valence-electron chi connectivity index (χ0n) is 9.86. The number of urea groups is 1. The third-order valence-corrected chi connectivity index (χ3v) is 2.63. The van der Waals surface area contributed by atoms with Crippen LogP contribution in [0.1, 0.15) is 13.3 Å². The van der Waals surface area contributed by atoms with Crippen molar-refractivity contribution in [3.63, 3.8) is 0 Å². The summed E-state index contributed by atoms with van der Waals surface area (Å²) >= 11 is 0. The number of rotatable bonds is 6. The average Bonchev–Trinajstić information content (AvgIpc) is 2.25. The Balaban J connectivity index is 2.28. The zero-order valence-corrected chi connectivity index (χ0v) is 9.86. The number of hydrogen-bond acceptors (Lipinski definition) is 3. The topological polar surface area (TPSA) is 59.6 Å². The van der Waals surface area contributed by atoms with Gasteiger partial charge in [-0.1, -0.05) is 6.08 Å². The van der Waals surface area contributed by atoms with Crippen molar-refractivity contribution in [2.24, 2.45) is 0 Å². The lowest BCUT2D eigenvalue weighted by atomic mass is 9.85. The number of carbonyl (C=O) groups is 1. The molecule has 5 heteroatoms. The minimum Gasteiger partial charge on any atom is -0.377 e. The smallest absolute Gasteiger partial charge is 0.315 e. The van der Waals surface area contributed by atoms with Crippen molar-refractivity contribution in [1.82, 2.24) is 10.6 Å². The Morgan fingerprint density at radius 3 is 2.94 bits per heavy atom. The van der Waals surface area contributed by atoms with Gasteiger partial charge in [-0.2, -0.15) is 0 Å². The Hall–Kier alpha value is -1.07. The standard InChI is InChI=1S/C11H20N2O3/c1-4-6-12-11(14)13-8-7-9(16-5-2)10(8)15-3/h4,8-10H,1,5-7H2,2-3H3,(H2,12,13,14). The van der Waals surface area contributed by atoms with E-state index >= 15 is 0 Å². The molecule has 0 aromatic rings. The van der Waals surface area contributed by atoms with Gasteiger partial charge in [0.15, 0.2) is 0 Å². The number of ether oxygens (including phenoxy) is 2. The Morgan fingerprint density at radius 2 is 2.38 bits per heavy atom. The van der Waals surface area contributed by atoms with E-state index in [1.165, 1.54) is 0 Å². The van der Waals surface area contributed by atoms with Crippen LogP contribution in [0.3, 0.4) is 0 Å². The molecular formula is C11H20N2O3. The second kappa shape index (κ2) is 6.50. The van der Waals surface area contributed by atoms with Crippen molar-refractivity contribution in [2.45, 2.75) is 31.6 Å². The summed E-state index contributed by atoms with van der Waals surface area (Å²) in [5.74, 6) is 0. The molecule has 16 heavy (non-hydrogen) atoms. The second-order valence-corrected chi connectivity index (χ2v) is 3.68. The van der Waals surface area contributed by atoms with Gasteiger partial charge in [-0.25, -0.2) is 4.79 Å². The molecule has 1 aliphatic carbocycles. The minimum atomic E-state index is -0.193. The van der Waals surface area contributed by atoms with E-state index in [2.05, 4.69) is 17.2 Å². The van der Waals surface area contributed by atoms with Crippen molar-refractivity contribution in [2.75, 3.05) is 20.3 Å². The van der Waals surface area contributed by atoms with E-state index in [-0.39, 0.29) is 24.3 Å². The van der Waals surface area contributed by atoms with E-state index in [0.29, 0.717) is 13.2 Å². The van der Waals surface area contributed by atoms with Crippen LogP contribution in [0.25, 0.3) is 0 Å². The molecule has 2 amide bonds. The third kappa shape index (κ3) is 3.21. The molecule has 0 radical (unpaired) electrons. The summed E-state index contributed by atoms with van der Waals surface area (Å²) in [5, 5.41) is 5.50. The van der Waals surface area contributed by atoms with Crippen LogP contribution in [0.5, 0.6) is 0 Å². The maximum atomic E-state index is 11.4. The van der Waals surface area contributed by atoms with Gasteiger partial charge in [0, 0.05) is 20.3 Å². The third-order valence-electron chi connectivity index (χ3n) is 2.63. The first-order chi connectivity index (χ1) is 7.72. The Bertz CT molecular complexity index is 245. The van der Waals surface area contributed by atoms with Crippen LogP contribution in [0.2, 0.25) is 0 Å². The molecule has 3 unspecified atom stereocenters. The summed E-state index contributed by atoms with van der Waals surface area (Å²) in [5.41, 5.74) is 0. The molecule has 0 aromatic heterocycles. The molecule has 0 bridgehead atoms. The van der Waals surface area contributed by atoms with E-state index in [1.807, 2.05) is 6.92 Å². The van der Waals surface area contributed by atoms with Crippen LogP contribution in [0.15, 0.2) is 12.7 Å². The lowest BCUT2D eigenvalue weighted by Crippen LogP contribution is -2.62. The highest BCUT2D eigenvalue weighted by Crippen LogP contribution is 2.26. The Labute approximate surface area is 96.2 Å². The molecule has 0 spiro atoms. The van der Waals surface area contributed by atoms with Crippen LogP contribution >= 0.6 is 0 Å². The molecule has 0 aromatic carbocycles. The van der Waals surface area contributed by atoms with Crippen LogP contribution < -0.4 is 10.6 Å². The SMILES string of the molecule is C=CCNC(=O)NC1CC(OCC)C1OC. The molecule has 1 fully saturated rings. The van der Waals surface area contributed by atoms with E-state index in [9.17, 15) is 4.79 Å². The lowest BCUT2D eigenvalue weighted by Gasteiger charge is -2.43. The molecular weight excluding hydrogens is 208 g/mol. The van der Waals surface area contributed by atoms with Crippen LogP contribution in [-0.4, -0.2) is 44.5 Å². The van der Waals surface area contributed by atoms with Gasteiger partial charge < -0.3 is 20.1 Å². The van der Waals surface area contributed by atoms with Gasteiger partial charge in [0.2, 0.25) is 0 Å². The van der Waals surface area contributed by atoms with Gasteiger partial charge in [-0.3, -0.25) is 0 Å². The average molecular weight is 228 g/mol. The molecule has 92 valence electrons. The highest BCUT2D eigenvalue weighted by molar-refractivity contribution is 5.74. The minimum absolute atomic E-state index is 0.0337. The first-order valence-electron chi connectivity index (χ1n) is 5.52. The molecule has 0 saturated heterocycles. The monoisotopic (exact) mass is 228 g/mol. The highest BCUT2D eigenvalue weighted by Gasteiger charge is 2.42. The summed E-state index contributed by atoms with van der Waals surface area (Å²) in [7, 11) is 1.63. The van der Waals surface area contributed by atoms with E-state index in [0.717, 1.165) is 6.42 Å². The largest absolute Gasteiger partial charge is 0.377 e. The molecule has 5 nitrogen and oxygen atoms in total. The summed E-state index contributed by atoms with van der Waals surface area (Å²) in [6.07, 6.45) is 2.49. The summed E-state index contributed by atoms with van der Waals surface area (Å²) in [6.45, 7) is 6.60. The molecule has 1 saturated carbocycles. The maximum Gasteiger partial charge on any atom is 0.315 e. The van der Waals surface area contributed by atoms with Crippen molar-refractivity contribution >= 4 is 6.03 Å². The van der Waals surface area contributed by atoms with Gasteiger partial charge in [-0.15, -0.1) is 6.58 Å². The van der Waals surface area contributed by atoms with Gasteiger partial charge >= 0.3 is 6.03 Å². The fourth-order valence-electron chi connectivity index (χ4n) is 1.80. The fraction of sp³-hybridized carbons (Fsp3) is 0.727.